The number of aryl methyl sites for hydroxylation is 1. The predicted molar refractivity (Wildman–Crippen MR) is 62.4 cm³/mol. The second kappa shape index (κ2) is 5.57. The zero-order valence-corrected chi connectivity index (χ0v) is 9.90. The highest BCUT2D eigenvalue weighted by Crippen LogP contribution is 2.31. The third-order valence-corrected chi connectivity index (χ3v) is 2.53. The van der Waals surface area contributed by atoms with Gasteiger partial charge in [-0.2, -0.15) is 0 Å². The number of hydrogen-bond donors (Lipinski definition) is 0. The van der Waals surface area contributed by atoms with Gasteiger partial charge >= 0.3 is 5.97 Å². The predicted octanol–water partition coefficient (Wildman–Crippen LogP) is 1.95. The van der Waals surface area contributed by atoms with E-state index >= 15 is 0 Å². The zero-order chi connectivity index (χ0) is 12.1. The molecule has 0 N–H and O–H groups in total. The molecule has 17 heavy (non-hydrogen) atoms. The van der Waals surface area contributed by atoms with E-state index in [1.54, 1.807) is 0 Å². The molecule has 0 bridgehead atoms. The lowest BCUT2D eigenvalue weighted by molar-refractivity contribution is -0.143. The number of hydrogen-bond acceptors (Lipinski definition) is 4. The van der Waals surface area contributed by atoms with Crippen molar-refractivity contribution in [3.63, 3.8) is 0 Å². The van der Waals surface area contributed by atoms with E-state index in [0.29, 0.717) is 32.7 Å². The van der Waals surface area contributed by atoms with Gasteiger partial charge in [-0.1, -0.05) is 6.07 Å². The lowest BCUT2D eigenvalue weighted by atomic mass is 10.1. The van der Waals surface area contributed by atoms with Crippen molar-refractivity contribution >= 4 is 5.97 Å². The molecule has 1 heterocycles. The average Bonchev–Trinajstić information content (AvgIpc) is 2.36. The van der Waals surface area contributed by atoms with E-state index in [0.717, 1.165) is 17.1 Å². The van der Waals surface area contributed by atoms with Crippen molar-refractivity contribution in [3.8, 4) is 11.5 Å². The molecule has 92 valence electrons. The summed E-state index contributed by atoms with van der Waals surface area (Å²) in [5, 5.41) is 0. The van der Waals surface area contributed by atoms with Gasteiger partial charge in [0.2, 0.25) is 0 Å². The van der Waals surface area contributed by atoms with Gasteiger partial charge in [-0.25, -0.2) is 0 Å². The summed E-state index contributed by atoms with van der Waals surface area (Å²) in [5.41, 5.74) is 1.06. The molecule has 0 radical (unpaired) electrons. The highest BCUT2D eigenvalue weighted by molar-refractivity contribution is 5.69. The van der Waals surface area contributed by atoms with Crippen LogP contribution in [0, 0.1) is 0 Å². The molecular formula is C13H16O4. The Kier molecular flexibility index (Phi) is 3.85. The van der Waals surface area contributed by atoms with Crippen molar-refractivity contribution < 1.29 is 19.0 Å². The van der Waals surface area contributed by atoms with Gasteiger partial charge in [-0.05, 0) is 31.0 Å². The Labute approximate surface area is 100 Å². The lowest BCUT2D eigenvalue weighted by Crippen LogP contribution is -2.15. The smallest absolute Gasteiger partial charge is 0.306 e. The van der Waals surface area contributed by atoms with Crippen molar-refractivity contribution in [2.75, 3.05) is 19.8 Å². The monoisotopic (exact) mass is 236 g/mol. The van der Waals surface area contributed by atoms with Gasteiger partial charge in [0.1, 0.15) is 13.2 Å². The van der Waals surface area contributed by atoms with Crippen molar-refractivity contribution in [1.29, 1.82) is 0 Å². The minimum Gasteiger partial charge on any atom is -0.486 e. The zero-order valence-electron chi connectivity index (χ0n) is 9.90. The molecule has 1 aliphatic heterocycles. The molecule has 0 atom stereocenters. The van der Waals surface area contributed by atoms with E-state index in [-0.39, 0.29) is 5.97 Å². The van der Waals surface area contributed by atoms with Crippen LogP contribution in [0.5, 0.6) is 11.5 Å². The minimum atomic E-state index is -0.164. The van der Waals surface area contributed by atoms with E-state index in [4.69, 9.17) is 14.2 Å². The number of carbonyl (C=O) groups excluding carboxylic acids is 1. The van der Waals surface area contributed by atoms with Crippen LogP contribution >= 0.6 is 0 Å². The molecule has 1 aliphatic rings. The van der Waals surface area contributed by atoms with Crippen LogP contribution in [-0.2, 0) is 16.0 Å². The Morgan fingerprint density at radius 1 is 1.29 bits per heavy atom. The quantitative estimate of drug-likeness (QED) is 0.749. The van der Waals surface area contributed by atoms with Crippen LogP contribution in [0.25, 0.3) is 0 Å². The third-order valence-electron chi connectivity index (χ3n) is 2.53. The number of carbonyl (C=O) groups is 1. The van der Waals surface area contributed by atoms with Gasteiger partial charge < -0.3 is 14.2 Å². The molecule has 1 aromatic rings. The fourth-order valence-electron chi connectivity index (χ4n) is 1.72. The van der Waals surface area contributed by atoms with E-state index in [2.05, 4.69) is 0 Å². The first-order valence-corrected chi connectivity index (χ1v) is 5.83. The molecule has 0 aliphatic carbocycles. The fourth-order valence-corrected chi connectivity index (χ4v) is 1.72. The van der Waals surface area contributed by atoms with Crippen molar-refractivity contribution in [2.24, 2.45) is 0 Å². The molecule has 0 amide bonds. The topological polar surface area (TPSA) is 44.8 Å². The first kappa shape index (κ1) is 11.8. The number of rotatable bonds is 4. The summed E-state index contributed by atoms with van der Waals surface area (Å²) in [4.78, 5) is 11.2. The van der Waals surface area contributed by atoms with Gasteiger partial charge in [0.05, 0.1) is 6.61 Å². The fraction of sp³-hybridized carbons (Fsp3) is 0.462. The number of benzene rings is 1. The summed E-state index contributed by atoms with van der Waals surface area (Å²) >= 11 is 0. The van der Waals surface area contributed by atoms with Crippen LogP contribution in [0.1, 0.15) is 18.9 Å². The summed E-state index contributed by atoms with van der Waals surface area (Å²) < 4.78 is 15.8. The van der Waals surface area contributed by atoms with Gasteiger partial charge in [-0.3, -0.25) is 4.79 Å². The van der Waals surface area contributed by atoms with E-state index < -0.39 is 0 Å². The van der Waals surface area contributed by atoms with Crippen molar-refractivity contribution in [1.82, 2.24) is 0 Å². The number of fused-ring (bicyclic) bond motifs is 1. The van der Waals surface area contributed by atoms with Gasteiger partial charge in [0.25, 0.3) is 0 Å². The summed E-state index contributed by atoms with van der Waals surface area (Å²) in [6, 6.07) is 5.76. The largest absolute Gasteiger partial charge is 0.486 e. The maximum atomic E-state index is 11.2. The first-order chi connectivity index (χ1) is 8.29. The number of ether oxygens (including phenoxy) is 3. The van der Waals surface area contributed by atoms with Gasteiger partial charge in [0, 0.05) is 6.42 Å². The van der Waals surface area contributed by atoms with Crippen LogP contribution in [0.4, 0.5) is 0 Å². The summed E-state index contributed by atoms with van der Waals surface area (Å²) in [6.07, 6.45) is 1.06. The first-order valence-electron chi connectivity index (χ1n) is 5.83. The molecule has 1 aromatic carbocycles. The Hall–Kier alpha value is -1.71. The SMILES string of the molecule is CCOC(=O)CCc1ccc2c(c1)OCCO2. The molecule has 0 spiro atoms. The molecule has 0 saturated carbocycles. The molecular weight excluding hydrogens is 220 g/mol. The molecule has 4 heteroatoms. The molecule has 4 nitrogen and oxygen atoms in total. The second-order valence-electron chi connectivity index (χ2n) is 3.78. The van der Waals surface area contributed by atoms with Crippen molar-refractivity contribution in [2.45, 2.75) is 19.8 Å². The average molecular weight is 236 g/mol. The highest BCUT2D eigenvalue weighted by atomic mass is 16.6. The maximum absolute atomic E-state index is 11.2. The Balaban J connectivity index is 1.95. The molecule has 0 saturated heterocycles. The number of esters is 1. The van der Waals surface area contributed by atoms with Crippen LogP contribution in [0.3, 0.4) is 0 Å². The maximum Gasteiger partial charge on any atom is 0.306 e. The summed E-state index contributed by atoms with van der Waals surface area (Å²) in [6.45, 7) is 3.41. The van der Waals surface area contributed by atoms with Gasteiger partial charge in [-0.15, -0.1) is 0 Å². The van der Waals surface area contributed by atoms with E-state index in [9.17, 15) is 4.79 Å². The Morgan fingerprint density at radius 2 is 2.06 bits per heavy atom. The molecule has 0 unspecified atom stereocenters. The van der Waals surface area contributed by atoms with Crippen LogP contribution in [-0.4, -0.2) is 25.8 Å². The highest BCUT2D eigenvalue weighted by Gasteiger charge is 2.12. The Morgan fingerprint density at radius 3 is 2.82 bits per heavy atom. The van der Waals surface area contributed by atoms with Crippen LogP contribution < -0.4 is 9.47 Å². The van der Waals surface area contributed by atoms with Gasteiger partial charge in [0.15, 0.2) is 11.5 Å². The van der Waals surface area contributed by atoms with Crippen LogP contribution in [0.15, 0.2) is 18.2 Å². The van der Waals surface area contributed by atoms with E-state index in [1.807, 2.05) is 25.1 Å². The molecule has 2 rings (SSSR count). The third kappa shape index (κ3) is 3.12. The molecule has 0 fully saturated rings. The normalized spacial score (nSPS) is 13.2. The Bertz CT molecular complexity index is 400. The standard InChI is InChI=1S/C13H16O4/c1-2-15-13(14)6-4-10-3-5-11-12(9-10)17-8-7-16-11/h3,5,9H,2,4,6-8H2,1H3. The van der Waals surface area contributed by atoms with E-state index in [1.165, 1.54) is 0 Å². The summed E-state index contributed by atoms with van der Waals surface area (Å²) in [5.74, 6) is 1.37. The van der Waals surface area contributed by atoms with Crippen LogP contribution in [0.2, 0.25) is 0 Å². The minimum absolute atomic E-state index is 0.164. The molecule has 0 aromatic heterocycles. The van der Waals surface area contributed by atoms with Crippen molar-refractivity contribution in [3.05, 3.63) is 23.8 Å². The lowest BCUT2D eigenvalue weighted by Gasteiger charge is -2.18. The second-order valence-corrected chi connectivity index (χ2v) is 3.78. The summed E-state index contributed by atoms with van der Waals surface area (Å²) in [7, 11) is 0.